The van der Waals surface area contributed by atoms with E-state index in [2.05, 4.69) is 4.72 Å². The van der Waals surface area contributed by atoms with Crippen LogP contribution >= 0.6 is 0 Å². The van der Waals surface area contributed by atoms with Gasteiger partial charge in [0.05, 0.1) is 34.5 Å². The van der Waals surface area contributed by atoms with Gasteiger partial charge in [0.2, 0.25) is 10.0 Å². The molecule has 0 radical (unpaired) electrons. The van der Waals surface area contributed by atoms with E-state index in [1.54, 1.807) is 43.3 Å². The molecule has 0 bridgehead atoms. The number of benzene rings is 3. The zero-order valence-electron chi connectivity index (χ0n) is 24.3. The Kier molecular flexibility index (Phi) is 9.31. The van der Waals surface area contributed by atoms with Gasteiger partial charge in [0, 0.05) is 25.2 Å². The number of carbonyl (C=O) groups is 1. The number of anilines is 1. The van der Waals surface area contributed by atoms with Crippen molar-refractivity contribution in [1.29, 1.82) is 0 Å². The maximum atomic E-state index is 13.7. The van der Waals surface area contributed by atoms with Gasteiger partial charge < -0.3 is 14.7 Å². The number of ether oxygens (including phenoxy) is 1. The molecular formula is C30H37N3O7S2. The van der Waals surface area contributed by atoms with E-state index >= 15 is 0 Å². The minimum absolute atomic E-state index is 0.00580. The Hall–Kier alpha value is -3.45. The Morgan fingerprint density at radius 1 is 0.976 bits per heavy atom. The molecule has 12 heteroatoms. The number of rotatable bonds is 9. The summed E-state index contributed by atoms with van der Waals surface area (Å²) in [5, 5.41) is 9.91. The molecule has 0 aliphatic carbocycles. The molecule has 0 saturated heterocycles. The minimum atomic E-state index is -3.93. The largest absolute Gasteiger partial charge is 0.488 e. The normalized spacial score (nSPS) is 18.5. The van der Waals surface area contributed by atoms with E-state index in [0.717, 1.165) is 11.1 Å². The third kappa shape index (κ3) is 6.78. The number of nitrogens with zero attached hydrogens (tertiary/aromatic N) is 2. The number of amides is 1. The third-order valence-electron chi connectivity index (χ3n) is 7.41. The highest BCUT2D eigenvalue weighted by molar-refractivity contribution is 7.92. The van der Waals surface area contributed by atoms with E-state index in [-0.39, 0.29) is 52.4 Å². The van der Waals surface area contributed by atoms with E-state index in [1.165, 1.54) is 46.6 Å². The van der Waals surface area contributed by atoms with Crippen LogP contribution in [0.3, 0.4) is 0 Å². The van der Waals surface area contributed by atoms with Gasteiger partial charge in [0.1, 0.15) is 11.9 Å². The average molecular weight is 616 g/mol. The molecule has 0 unspecified atom stereocenters. The highest BCUT2D eigenvalue weighted by Crippen LogP contribution is 2.32. The van der Waals surface area contributed by atoms with Crippen molar-refractivity contribution in [3.63, 3.8) is 0 Å². The lowest BCUT2D eigenvalue weighted by Gasteiger charge is -2.38. The fourth-order valence-corrected chi connectivity index (χ4v) is 6.91. The lowest BCUT2D eigenvalue weighted by molar-refractivity contribution is 0.0387. The molecule has 0 spiro atoms. The zero-order chi connectivity index (χ0) is 30.8. The predicted molar refractivity (Wildman–Crippen MR) is 161 cm³/mol. The number of fused-ring (bicyclic) bond motifs is 1. The van der Waals surface area contributed by atoms with E-state index in [0.29, 0.717) is 0 Å². The lowest BCUT2D eigenvalue weighted by Crippen LogP contribution is -2.50. The van der Waals surface area contributed by atoms with Crippen molar-refractivity contribution in [2.24, 2.45) is 5.92 Å². The number of likely N-dealkylation sites (N-methyl/N-ethyl adjacent to an activating group) is 1. The van der Waals surface area contributed by atoms with Crippen LogP contribution in [0.5, 0.6) is 5.75 Å². The number of carbonyl (C=O) groups excluding carboxylic acids is 1. The molecular weight excluding hydrogens is 578 g/mol. The number of nitrogens with one attached hydrogen (secondary N) is 1. The maximum Gasteiger partial charge on any atom is 0.261 e. The molecule has 10 nitrogen and oxygen atoms in total. The van der Waals surface area contributed by atoms with Gasteiger partial charge in [-0.15, -0.1) is 0 Å². The SMILES string of the molecule is Cc1ccc(S(=O)(=O)Nc2ccc3c(c2)C(=O)N([C@@H](C)CO)C[C@H](C)[C@H](CN(C)S(=O)(=O)c2ccc(C)cc2)O3)cc1. The number of sulfonamides is 2. The molecule has 1 amide bonds. The summed E-state index contributed by atoms with van der Waals surface area (Å²) in [6, 6.07) is 16.8. The van der Waals surface area contributed by atoms with Gasteiger partial charge in [-0.1, -0.05) is 42.3 Å². The van der Waals surface area contributed by atoms with Gasteiger partial charge in [-0.3, -0.25) is 9.52 Å². The second-order valence-corrected chi connectivity index (χ2v) is 14.6. The second kappa shape index (κ2) is 12.4. The summed E-state index contributed by atoms with van der Waals surface area (Å²) in [7, 11) is -6.28. The van der Waals surface area contributed by atoms with Gasteiger partial charge in [0.25, 0.3) is 15.9 Å². The highest BCUT2D eigenvalue weighted by atomic mass is 32.2. The Morgan fingerprint density at radius 3 is 2.12 bits per heavy atom. The summed E-state index contributed by atoms with van der Waals surface area (Å²) >= 11 is 0. The van der Waals surface area contributed by atoms with Crippen LogP contribution in [0.1, 0.15) is 35.3 Å². The average Bonchev–Trinajstić information content (AvgIpc) is 2.95. The summed E-state index contributed by atoms with van der Waals surface area (Å²) in [6.07, 6.45) is -0.662. The Balaban J connectivity index is 1.68. The highest BCUT2D eigenvalue weighted by Gasteiger charge is 2.35. The fourth-order valence-electron chi connectivity index (χ4n) is 4.68. The fraction of sp³-hybridized carbons (Fsp3) is 0.367. The molecule has 0 saturated carbocycles. The Morgan fingerprint density at radius 2 is 1.55 bits per heavy atom. The van der Waals surface area contributed by atoms with Crippen molar-refractivity contribution in [2.75, 3.05) is 31.5 Å². The number of hydrogen-bond acceptors (Lipinski definition) is 7. The van der Waals surface area contributed by atoms with Crippen LogP contribution in [0.4, 0.5) is 5.69 Å². The summed E-state index contributed by atoms with van der Waals surface area (Å²) in [6.45, 7) is 7.18. The lowest BCUT2D eigenvalue weighted by atomic mass is 9.99. The molecule has 3 aromatic rings. The molecule has 2 N–H and O–H groups in total. The summed E-state index contributed by atoms with van der Waals surface area (Å²) in [4.78, 5) is 15.5. The first kappa shape index (κ1) is 31.5. The van der Waals surface area contributed by atoms with Crippen LogP contribution in [0.2, 0.25) is 0 Å². The van der Waals surface area contributed by atoms with E-state index < -0.39 is 38.1 Å². The van der Waals surface area contributed by atoms with Gasteiger partial charge in [-0.2, -0.15) is 4.31 Å². The second-order valence-electron chi connectivity index (χ2n) is 10.9. The molecule has 1 heterocycles. The summed E-state index contributed by atoms with van der Waals surface area (Å²) < 4.78 is 62.7. The third-order valence-corrected chi connectivity index (χ3v) is 10.6. The first-order valence-electron chi connectivity index (χ1n) is 13.6. The smallest absolute Gasteiger partial charge is 0.261 e. The predicted octanol–water partition coefficient (Wildman–Crippen LogP) is 3.65. The van der Waals surface area contributed by atoms with Gasteiger partial charge in [-0.25, -0.2) is 16.8 Å². The van der Waals surface area contributed by atoms with E-state index in [4.69, 9.17) is 4.74 Å². The van der Waals surface area contributed by atoms with E-state index in [1.807, 2.05) is 20.8 Å². The van der Waals surface area contributed by atoms with Crippen molar-refractivity contribution in [3.8, 4) is 5.75 Å². The van der Waals surface area contributed by atoms with Crippen molar-refractivity contribution < 1.29 is 31.5 Å². The first-order valence-corrected chi connectivity index (χ1v) is 16.5. The van der Waals surface area contributed by atoms with Crippen LogP contribution < -0.4 is 9.46 Å². The zero-order valence-corrected chi connectivity index (χ0v) is 25.9. The number of aliphatic hydroxyl groups is 1. The maximum absolute atomic E-state index is 13.7. The van der Waals surface area contributed by atoms with Gasteiger partial charge in [0.15, 0.2) is 0 Å². The molecule has 3 aromatic carbocycles. The molecule has 1 aliphatic rings. The standard InChI is InChI=1S/C30H37N3O7S2/c1-20-6-11-25(12-7-20)41(36,37)31-24-10-15-28-27(16-24)30(35)33(23(4)19-34)17-22(3)29(40-28)18-32(5)42(38,39)26-13-8-21(2)9-14-26/h6-16,22-23,29,31,34H,17-19H2,1-5H3/t22-,23-,29-/m0/s1. The minimum Gasteiger partial charge on any atom is -0.488 e. The van der Waals surface area contributed by atoms with Crippen molar-refractivity contribution in [2.45, 2.75) is 49.6 Å². The monoisotopic (exact) mass is 615 g/mol. The van der Waals surface area contributed by atoms with Crippen molar-refractivity contribution in [1.82, 2.24) is 9.21 Å². The van der Waals surface area contributed by atoms with Crippen LogP contribution in [-0.2, 0) is 20.0 Å². The molecule has 226 valence electrons. The van der Waals surface area contributed by atoms with Gasteiger partial charge >= 0.3 is 0 Å². The molecule has 42 heavy (non-hydrogen) atoms. The molecule has 4 rings (SSSR count). The quantitative estimate of drug-likeness (QED) is 0.376. The van der Waals surface area contributed by atoms with E-state index in [9.17, 15) is 26.7 Å². The summed E-state index contributed by atoms with van der Waals surface area (Å²) in [5.74, 6) is -0.563. The molecule has 3 atom stereocenters. The molecule has 1 aliphatic heterocycles. The van der Waals surface area contributed by atoms with Crippen LogP contribution in [0, 0.1) is 19.8 Å². The number of aryl methyl sites for hydroxylation is 2. The molecule has 0 aromatic heterocycles. The topological polar surface area (TPSA) is 133 Å². The molecule has 0 fully saturated rings. The number of hydrogen-bond donors (Lipinski definition) is 2. The summed E-state index contributed by atoms with van der Waals surface area (Å²) in [5.41, 5.74) is 2.11. The first-order chi connectivity index (χ1) is 19.7. The van der Waals surface area contributed by atoms with Crippen LogP contribution in [-0.4, -0.2) is 75.9 Å². The Bertz CT molecular complexity index is 1640. The van der Waals surface area contributed by atoms with Crippen molar-refractivity contribution >= 4 is 31.6 Å². The number of aliphatic hydroxyl groups excluding tert-OH is 1. The van der Waals surface area contributed by atoms with Crippen LogP contribution in [0.25, 0.3) is 0 Å². The Labute approximate surface area is 248 Å². The van der Waals surface area contributed by atoms with Gasteiger partial charge in [-0.05, 0) is 63.2 Å². The van der Waals surface area contributed by atoms with Crippen LogP contribution in [0.15, 0.2) is 76.5 Å². The van der Waals surface area contributed by atoms with Crippen molar-refractivity contribution in [3.05, 3.63) is 83.4 Å².